The van der Waals surface area contributed by atoms with Gasteiger partial charge < -0.3 is 5.11 Å². The molecular weight excluding hydrogens is 186 g/mol. The maximum atomic E-state index is 10.1. The molecule has 0 spiro atoms. The molecule has 0 aliphatic rings. The zero-order chi connectivity index (χ0) is 10.8. The Labute approximate surface area is 89.1 Å². The average Bonchev–Trinajstić information content (AvgIpc) is 2.22. The molecule has 15 heavy (non-hydrogen) atoms. The molecule has 1 heterocycles. The summed E-state index contributed by atoms with van der Waals surface area (Å²) in [7, 11) is 1.93. The Bertz CT molecular complexity index is 529. The quantitative estimate of drug-likeness (QED) is 0.702. The number of benzene rings is 1. The number of rotatable bonds is 1. The van der Waals surface area contributed by atoms with Gasteiger partial charge in [-0.2, -0.15) is 4.57 Å². The van der Waals surface area contributed by atoms with Crippen molar-refractivity contribution in [2.75, 3.05) is 0 Å². The van der Waals surface area contributed by atoms with Crippen molar-refractivity contribution in [3.05, 3.63) is 42.1 Å². The number of aromatic nitrogens is 1. The maximum Gasteiger partial charge on any atom is 0.255 e. The second kappa shape index (κ2) is 3.73. The van der Waals surface area contributed by atoms with Crippen LogP contribution in [0.25, 0.3) is 17.0 Å². The van der Waals surface area contributed by atoms with E-state index in [0.29, 0.717) is 5.75 Å². The molecule has 0 radical (unpaired) electrons. The van der Waals surface area contributed by atoms with Crippen LogP contribution in [-0.2, 0) is 7.05 Å². The maximum absolute atomic E-state index is 10.1. The van der Waals surface area contributed by atoms with Gasteiger partial charge in [0.05, 0.1) is 5.39 Å². The van der Waals surface area contributed by atoms with Gasteiger partial charge in [0.1, 0.15) is 7.05 Å². The Balaban J connectivity index is 2.82. The van der Waals surface area contributed by atoms with Gasteiger partial charge in [0, 0.05) is 11.6 Å². The SMILES string of the molecule is C/C=C/c1ccc2ccc[n+](C)c2c1O. The molecule has 1 aromatic carbocycles. The average molecular weight is 200 g/mol. The van der Waals surface area contributed by atoms with Gasteiger partial charge in [-0.05, 0) is 19.1 Å². The van der Waals surface area contributed by atoms with Crippen LogP contribution in [-0.4, -0.2) is 5.11 Å². The topological polar surface area (TPSA) is 24.1 Å². The van der Waals surface area contributed by atoms with Crippen LogP contribution in [0.1, 0.15) is 12.5 Å². The first-order chi connectivity index (χ1) is 7.24. The van der Waals surface area contributed by atoms with Crippen molar-refractivity contribution in [3.63, 3.8) is 0 Å². The van der Waals surface area contributed by atoms with Crippen molar-refractivity contribution in [2.45, 2.75) is 6.92 Å². The molecule has 0 fully saturated rings. The summed E-state index contributed by atoms with van der Waals surface area (Å²) in [5.74, 6) is 0.341. The van der Waals surface area contributed by atoms with Crippen LogP contribution < -0.4 is 4.57 Å². The summed E-state index contributed by atoms with van der Waals surface area (Å²) in [6, 6.07) is 7.91. The van der Waals surface area contributed by atoms with Crippen LogP contribution in [0.15, 0.2) is 36.5 Å². The lowest BCUT2D eigenvalue weighted by atomic mass is 10.1. The highest BCUT2D eigenvalue weighted by Gasteiger charge is 2.12. The Kier molecular flexibility index (Phi) is 2.42. The fraction of sp³-hybridized carbons (Fsp3) is 0.154. The molecule has 2 aromatic rings. The van der Waals surface area contributed by atoms with E-state index in [0.717, 1.165) is 16.5 Å². The van der Waals surface area contributed by atoms with E-state index in [9.17, 15) is 5.11 Å². The summed E-state index contributed by atoms with van der Waals surface area (Å²) in [4.78, 5) is 0. The molecule has 1 aromatic heterocycles. The molecule has 1 N–H and O–H groups in total. The van der Waals surface area contributed by atoms with Gasteiger partial charge in [-0.25, -0.2) is 0 Å². The molecule has 0 bridgehead atoms. The normalized spacial score (nSPS) is 11.3. The van der Waals surface area contributed by atoms with E-state index >= 15 is 0 Å². The fourth-order valence-electron chi connectivity index (χ4n) is 1.78. The van der Waals surface area contributed by atoms with Crippen molar-refractivity contribution >= 4 is 17.0 Å². The summed E-state index contributed by atoms with van der Waals surface area (Å²) in [5, 5.41) is 11.1. The number of aryl methyl sites for hydroxylation is 1. The van der Waals surface area contributed by atoms with Crippen LogP contribution in [0.2, 0.25) is 0 Å². The minimum atomic E-state index is 0.341. The van der Waals surface area contributed by atoms with Gasteiger partial charge in [-0.15, -0.1) is 0 Å². The second-order valence-electron chi connectivity index (χ2n) is 3.56. The van der Waals surface area contributed by atoms with Gasteiger partial charge in [0.2, 0.25) is 0 Å². The van der Waals surface area contributed by atoms with E-state index in [1.54, 1.807) is 0 Å². The molecule has 2 rings (SSSR count). The first-order valence-corrected chi connectivity index (χ1v) is 4.97. The number of phenolic OH excluding ortho intramolecular Hbond substituents is 1. The van der Waals surface area contributed by atoms with Gasteiger partial charge in [0.25, 0.3) is 5.52 Å². The highest BCUT2D eigenvalue weighted by atomic mass is 16.3. The van der Waals surface area contributed by atoms with Crippen molar-refractivity contribution in [2.24, 2.45) is 7.05 Å². The highest BCUT2D eigenvalue weighted by Crippen LogP contribution is 2.26. The number of phenols is 1. The van der Waals surface area contributed by atoms with E-state index in [-0.39, 0.29) is 0 Å². The second-order valence-corrected chi connectivity index (χ2v) is 3.56. The van der Waals surface area contributed by atoms with E-state index in [1.807, 2.05) is 61.2 Å². The molecule has 0 saturated carbocycles. The van der Waals surface area contributed by atoms with E-state index in [4.69, 9.17) is 0 Å². The fourth-order valence-corrected chi connectivity index (χ4v) is 1.78. The molecule has 0 amide bonds. The van der Waals surface area contributed by atoms with Crippen molar-refractivity contribution in [3.8, 4) is 5.75 Å². The lowest BCUT2D eigenvalue weighted by Gasteiger charge is -2.02. The number of nitrogens with zero attached hydrogens (tertiary/aromatic N) is 1. The van der Waals surface area contributed by atoms with Gasteiger partial charge in [0.15, 0.2) is 11.9 Å². The van der Waals surface area contributed by atoms with Crippen molar-refractivity contribution < 1.29 is 9.67 Å². The lowest BCUT2D eigenvalue weighted by Crippen LogP contribution is -2.27. The third-order valence-electron chi connectivity index (χ3n) is 2.50. The number of hydrogen-bond acceptors (Lipinski definition) is 1. The van der Waals surface area contributed by atoms with E-state index in [1.165, 1.54) is 0 Å². The monoisotopic (exact) mass is 200 g/mol. The van der Waals surface area contributed by atoms with Crippen LogP contribution >= 0.6 is 0 Å². The number of hydrogen-bond donors (Lipinski definition) is 1. The first-order valence-electron chi connectivity index (χ1n) is 4.97. The molecule has 76 valence electrons. The molecule has 2 heteroatoms. The van der Waals surface area contributed by atoms with Gasteiger partial charge >= 0.3 is 0 Å². The Morgan fingerprint density at radius 3 is 2.80 bits per heavy atom. The molecule has 0 aliphatic carbocycles. The number of allylic oxidation sites excluding steroid dienone is 1. The predicted molar refractivity (Wildman–Crippen MR) is 61.5 cm³/mol. The van der Waals surface area contributed by atoms with Crippen LogP contribution in [0.4, 0.5) is 0 Å². The zero-order valence-corrected chi connectivity index (χ0v) is 8.94. The summed E-state index contributed by atoms with van der Waals surface area (Å²) in [6.45, 7) is 1.94. The smallest absolute Gasteiger partial charge is 0.255 e. The minimum absolute atomic E-state index is 0.341. The van der Waals surface area contributed by atoms with Crippen LogP contribution in [0.5, 0.6) is 5.75 Å². The number of fused-ring (bicyclic) bond motifs is 1. The number of aromatic hydroxyl groups is 1. The third-order valence-corrected chi connectivity index (χ3v) is 2.50. The molecule has 0 aliphatic heterocycles. The predicted octanol–water partition coefficient (Wildman–Crippen LogP) is 2.40. The zero-order valence-electron chi connectivity index (χ0n) is 8.94. The van der Waals surface area contributed by atoms with Crippen LogP contribution in [0, 0.1) is 0 Å². The number of pyridine rings is 1. The molecule has 0 atom stereocenters. The Morgan fingerprint density at radius 2 is 2.07 bits per heavy atom. The van der Waals surface area contributed by atoms with Crippen LogP contribution in [0.3, 0.4) is 0 Å². The minimum Gasteiger partial charge on any atom is -0.502 e. The summed E-state index contributed by atoms with van der Waals surface area (Å²) in [5.41, 5.74) is 1.72. The molecular formula is C13H14NO+. The lowest BCUT2D eigenvalue weighted by molar-refractivity contribution is -0.645. The first kappa shape index (κ1) is 9.71. The van der Waals surface area contributed by atoms with Crippen molar-refractivity contribution in [1.82, 2.24) is 0 Å². The van der Waals surface area contributed by atoms with Gasteiger partial charge in [-0.1, -0.05) is 18.2 Å². The van der Waals surface area contributed by atoms with E-state index in [2.05, 4.69) is 0 Å². The third kappa shape index (κ3) is 1.59. The molecule has 2 nitrogen and oxygen atoms in total. The van der Waals surface area contributed by atoms with E-state index < -0.39 is 0 Å². The summed E-state index contributed by atoms with van der Waals surface area (Å²) in [6.07, 6.45) is 5.76. The summed E-state index contributed by atoms with van der Waals surface area (Å²) < 4.78 is 1.93. The van der Waals surface area contributed by atoms with Gasteiger partial charge in [-0.3, -0.25) is 0 Å². The standard InChI is InChI=1S/C13H13NO/c1-3-5-11-8-7-10-6-4-9-14(2)12(10)13(11)15/h3-9H,1-2H3/p+1/b5-3+. The highest BCUT2D eigenvalue weighted by molar-refractivity contribution is 5.85. The molecule has 0 saturated heterocycles. The Morgan fingerprint density at radius 1 is 1.27 bits per heavy atom. The largest absolute Gasteiger partial charge is 0.502 e. The summed E-state index contributed by atoms with van der Waals surface area (Å²) >= 11 is 0. The molecule has 0 unspecified atom stereocenters. The van der Waals surface area contributed by atoms with Crippen molar-refractivity contribution in [1.29, 1.82) is 0 Å². The Hall–Kier alpha value is -1.83.